The molecule has 0 radical (unpaired) electrons. The molecule has 0 bridgehead atoms. The van der Waals surface area contributed by atoms with Gasteiger partial charge in [-0.2, -0.15) is 4.31 Å². The van der Waals surface area contributed by atoms with E-state index in [0.29, 0.717) is 31.4 Å². The standard InChI is InChI=1S/C22H30N6O4S/c1-22(6-7-22)32-21(29)26-8-3-16(4-9-26)11-18-14-27(15-24-18)20-23-12-17-13-28(33(2,30)31)10-5-19(17)25-20/h12,14-16H,3-11,13H2,1-2H3. The molecule has 0 spiro atoms. The number of likely N-dealkylation sites (tertiary alicyclic amines) is 1. The van der Waals surface area contributed by atoms with Crippen LogP contribution in [-0.4, -0.2) is 74.7 Å². The number of amides is 1. The summed E-state index contributed by atoms with van der Waals surface area (Å²) in [5.41, 5.74) is 2.48. The fourth-order valence-electron chi connectivity index (χ4n) is 4.43. The number of piperidine rings is 1. The Morgan fingerprint density at radius 3 is 2.67 bits per heavy atom. The van der Waals surface area contributed by atoms with Gasteiger partial charge in [0.1, 0.15) is 11.9 Å². The highest BCUT2D eigenvalue weighted by molar-refractivity contribution is 7.88. The van der Waals surface area contributed by atoms with Crippen LogP contribution in [0.3, 0.4) is 0 Å². The number of carbonyl (C=O) groups is 1. The Bertz CT molecular complexity index is 1150. The predicted octanol–water partition coefficient (Wildman–Crippen LogP) is 1.92. The lowest BCUT2D eigenvalue weighted by Gasteiger charge is -2.31. The summed E-state index contributed by atoms with van der Waals surface area (Å²) >= 11 is 0. The first kappa shape index (κ1) is 22.3. The highest BCUT2D eigenvalue weighted by Gasteiger charge is 2.43. The van der Waals surface area contributed by atoms with Crippen LogP contribution in [0.1, 0.15) is 49.6 Å². The van der Waals surface area contributed by atoms with Crippen molar-refractivity contribution in [3.8, 4) is 5.95 Å². The number of imidazole rings is 1. The number of ether oxygens (including phenoxy) is 1. The average Bonchev–Trinajstić information content (AvgIpc) is 3.32. The molecule has 1 saturated heterocycles. The van der Waals surface area contributed by atoms with Gasteiger partial charge in [-0.25, -0.2) is 28.2 Å². The van der Waals surface area contributed by atoms with E-state index in [-0.39, 0.29) is 11.7 Å². The van der Waals surface area contributed by atoms with Gasteiger partial charge in [-0.05, 0) is 44.9 Å². The molecule has 10 nitrogen and oxygen atoms in total. The van der Waals surface area contributed by atoms with Gasteiger partial charge >= 0.3 is 6.09 Å². The van der Waals surface area contributed by atoms with Crippen molar-refractivity contribution in [3.05, 3.63) is 35.7 Å². The van der Waals surface area contributed by atoms with E-state index in [1.165, 1.54) is 10.6 Å². The Balaban J connectivity index is 1.17. The number of nitrogens with zero attached hydrogens (tertiary/aromatic N) is 6. The van der Waals surface area contributed by atoms with Crippen molar-refractivity contribution < 1.29 is 17.9 Å². The zero-order valence-electron chi connectivity index (χ0n) is 19.1. The largest absolute Gasteiger partial charge is 0.443 e. The van der Waals surface area contributed by atoms with Crippen LogP contribution < -0.4 is 0 Å². The van der Waals surface area contributed by atoms with Crippen molar-refractivity contribution in [3.63, 3.8) is 0 Å². The summed E-state index contributed by atoms with van der Waals surface area (Å²) in [6, 6.07) is 0. The van der Waals surface area contributed by atoms with Crippen LogP contribution in [0.25, 0.3) is 5.95 Å². The van der Waals surface area contributed by atoms with Crippen molar-refractivity contribution in [1.82, 2.24) is 28.7 Å². The summed E-state index contributed by atoms with van der Waals surface area (Å²) in [6.45, 7) is 4.18. The molecule has 3 aliphatic rings. The van der Waals surface area contributed by atoms with Gasteiger partial charge in [0, 0.05) is 50.6 Å². The molecule has 1 amide bonds. The Labute approximate surface area is 194 Å². The minimum absolute atomic E-state index is 0.179. The Morgan fingerprint density at radius 1 is 1.21 bits per heavy atom. The smallest absolute Gasteiger partial charge is 0.410 e. The van der Waals surface area contributed by atoms with Gasteiger partial charge in [-0.1, -0.05) is 0 Å². The Kier molecular flexibility index (Phi) is 5.64. The SMILES string of the molecule is CC1(OC(=O)N2CCC(Cc3cn(-c4ncc5c(n4)CCN(S(C)(=O)=O)C5)cn3)CC2)CC1. The zero-order chi connectivity index (χ0) is 23.2. The van der Waals surface area contributed by atoms with E-state index in [1.807, 2.05) is 22.6 Å². The number of carbonyl (C=O) groups excluding carboxylic acids is 1. The van der Waals surface area contributed by atoms with Gasteiger partial charge in [0.05, 0.1) is 17.6 Å². The summed E-state index contributed by atoms with van der Waals surface area (Å²) in [5.74, 6) is 1.02. The molecule has 2 aromatic rings. The molecule has 0 atom stereocenters. The van der Waals surface area contributed by atoms with E-state index in [1.54, 1.807) is 12.5 Å². The number of aromatic nitrogens is 4. The molecule has 1 aliphatic carbocycles. The summed E-state index contributed by atoms with van der Waals surface area (Å²) in [5, 5.41) is 0. The number of hydrogen-bond acceptors (Lipinski definition) is 7. The fourth-order valence-corrected chi connectivity index (χ4v) is 5.23. The van der Waals surface area contributed by atoms with E-state index in [0.717, 1.165) is 62.1 Å². The molecule has 33 heavy (non-hydrogen) atoms. The number of fused-ring (bicyclic) bond motifs is 1. The van der Waals surface area contributed by atoms with E-state index < -0.39 is 10.0 Å². The molecule has 11 heteroatoms. The van der Waals surface area contributed by atoms with E-state index in [9.17, 15) is 13.2 Å². The van der Waals surface area contributed by atoms with Gasteiger partial charge in [0.25, 0.3) is 0 Å². The van der Waals surface area contributed by atoms with Gasteiger partial charge in [-0.3, -0.25) is 4.57 Å². The second-order valence-corrected chi connectivity index (χ2v) is 11.7. The molecule has 4 heterocycles. The Hall–Kier alpha value is -2.53. The molecular weight excluding hydrogens is 444 g/mol. The van der Waals surface area contributed by atoms with Gasteiger partial charge in [0.2, 0.25) is 16.0 Å². The van der Waals surface area contributed by atoms with Crippen LogP contribution in [-0.2, 0) is 34.1 Å². The first-order chi connectivity index (χ1) is 15.7. The molecule has 0 N–H and O–H groups in total. The third-order valence-corrected chi connectivity index (χ3v) is 8.13. The third kappa shape index (κ3) is 5.03. The third-order valence-electron chi connectivity index (χ3n) is 6.88. The number of hydrogen-bond donors (Lipinski definition) is 0. The molecule has 2 aliphatic heterocycles. The second-order valence-electron chi connectivity index (χ2n) is 9.71. The van der Waals surface area contributed by atoms with Crippen LogP contribution in [0.5, 0.6) is 0 Å². The Morgan fingerprint density at radius 2 is 1.97 bits per heavy atom. The lowest BCUT2D eigenvalue weighted by molar-refractivity contribution is 0.0490. The minimum atomic E-state index is -3.22. The first-order valence-electron chi connectivity index (χ1n) is 11.5. The van der Waals surface area contributed by atoms with Gasteiger partial charge < -0.3 is 9.64 Å². The first-order valence-corrected chi connectivity index (χ1v) is 13.3. The normalized spacial score (nSPS) is 21.0. The fraction of sp³-hybridized carbons (Fsp3) is 0.636. The van der Waals surface area contributed by atoms with Crippen molar-refractivity contribution in [2.24, 2.45) is 5.92 Å². The highest BCUT2D eigenvalue weighted by Crippen LogP contribution is 2.39. The molecule has 2 fully saturated rings. The van der Waals surface area contributed by atoms with Crippen molar-refractivity contribution in [2.75, 3.05) is 25.9 Å². The van der Waals surface area contributed by atoms with Gasteiger partial charge in [-0.15, -0.1) is 0 Å². The summed E-state index contributed by atoms with van der Waals surface area (Å²) < 4.78 is 32.5. The van der Waals surface area contributed by atoms with Crippen LogP contribution in [0, 0.1) is 5.92 Å². The lowest BCUT2D eigenvalue weighted by Crippen LogP contribution is -2.40. The predicted molar refractivity (Wildman–Crippen MR) is 120 cm³/mol. The summed E-state index contributed by atoms with van der Waals surface area (Å²) in [4.78, 5) is 27.7. The quantitative estimate of drug-likeness (QED) is 0.651. The van der Waals surface area contributed by atoms with Gasteiger partial charge in [0.15, 0.2) is 0 Å². The van der Waals surface area contributed by atoms with Crippen LogP contribution in [0.2, 0.25) is 0 Å². The molecular formula is C22H30N6O4S. The molecule has 1 saturated carbocycles. The molecule has 2 aromatic heterocycles. The molecule has 178 valence electrons. The van der Waals surface area contributed by atoms with E-state index >= 15 is 0 Å². The maximum absolute atomic E-state index is 12.3. The van der Waals surface area contributed by atoms with Crippen molar-refractivity contribution in [1.29, 1.82) is 0 Å². The van der Waals surface area contributed by atoms with Crippen LogP contribution in [0.4, 0.5) is 4.79 Å². The maximum Gasteiger partial charge on any atom is 0.410 e. The molecule has 0 unspecified atom stereocenters. The highest BCUT2D eigenvalue weighted by atomic mass is 32.2. The molecule has 0 aromatic carbocycles. The van der Waals surface area contributed by atoms with Crippen LogP contribution >= 0.6 is 0 Å². The monoisotopic (exact) mass is 474 g/mol. The van der Waals surface area contributed by atoms with Crippen molar-refractivity contribution in [2.45, 2.75) is 57.6 Å². The molecule has 5 rings (SSSR count). The second kappa shape index (κ2) is 8.35. The van der Waals surface area contributed by atoms with Crippen LogP contribution in [0.15, 0.2) is 18.7 Å². The summed E-state index contributed by atoms with van der Waals surface area (Å²) in [7, 11) is -3.22. The lowest BCUT2D eigenvalue weighted by atomic mass is 9.92. The minimum Gasteiger partial charge on any atom is -0.443 e. The number of sulfonamides is 1. The van der Waals surface area contributed by atoms with E-state index in [4.69, 9.17) is 4.74 Å². The maximum atomic E-state index is 12.3. The average molecular weight is 475 g/mol. The van der Waals surface area contributed by atoms with Crippen molar-refractivity contribution >= 4 is 16.1 Å². The topological polar surface area (TPSA) is 111 Å². The van der Waals surface area contributed by atoms with E-state index in [2.05, 4.69) is 15.0 Å². The summed E-state index contributed by atoms with van der Waals surface area (Å²) in [6.07, 6.45) is 11.7. The zero-order valence-corrected chi connectivity index (χ0v) is 19.9. The number of rotatable bonds is 5.